The Kier molecular flexibility index (Phi) is 3.93. The molecule has 0 aromatic carbocycles. The van der Waals surface area contributed by atoms with Crippen LogP contribution < -0.4 is 5.32 Å². The molecule has 2 heterocycles. The molecular formula is C11H17N3O4. The van der Waals surface area contributed by atoms with Crippen molar-refractivity contribution in [3.63, 3.8) is 0 Å². The molecule has 2 aliphatic heterocycles. The Morgan fingerprint density at radius 2 is 2.17 bits per heavy atom. The van der Waals surface area contributed by atoms with Gasteiger partial charge in [-0.25, -0.2) is 0 Å². The van der Waals surface area contributed by atoms with Gasteiger partial charge in [-0.15, -0.1) is 0 Å². The van der Waals surface area contributed by atoms with E-state index in [1.165, 1.54) is 4.90 Å². The summed E-state index contributed by atoms with van der Waals surface area (Å²) in [6.45, 7) is 1.96. The summed E-state index contributed by atoms with van der Waals surface area (Å²) < 4.78 is 0. The van der Waals surface area contributed by atoms with E-state index in [1.54, 1.807) is 4.90 Å². The molecule has 7 heteroatoms. The van der Waals surface area contributed by atoms with Crippen molar-refractivity contribution >= 4 is 17.8 Å². The number of carbonyl (C=O) groups is 3. The summed E-state index contributed by atoms with van der Waals surface area (Å²) in [6.07, 6.45) is 1.12. The molecule has 2 N–H and O–H groups in total. The van der Waals surface area contributed by atoms with Gasteiger partial charge in [0.15, 0.2) is 0 Å². The van der Waals surface area contributed by atoms with Crippen LogP contribution in [-0.2, 0) is 14.4 Å². The molecule has 0 aliphatic carbocycles. The standard InChI is InChI=1S/C11H17N3O4/c15-9-2-1-4-14(9)10(16)7-13-5-3-12-6-8(13)11(17)18/h8,12H,1-7H2,(H,17,18). The number of aliphatic carboxylic acids is 1. The van der Waals surface area contributed by atoms with Crippen molar-refractivity contribution in [1.82, 2.24) is 15.1 Å². The number of nitrogens with zero attached hydrogens (tertiary/aromatic N) is 2. The third-order valence-electron chi connectivity index (χ3n) is 3.35. The Morgan fingerprint density at radius 1 is 1.39 bits per heavy atom. The number of likely N-dealkylation sites (tertiary alicyclic amines) is 1. The molecule has 2 aliphatic rings. The highest BCUT2D eigenvalue weighted by Gasteiger charge is 2.33. The Labute approximate surface area is 105 Å². The van der Waals surface area contributed by atoms with Crippen LogP contribution in [0.3, 0.4) is 0 Å². The van der Waals surface area contributed by atoms with E-state index in [0.29, 0.717) is 39.0 Å². The Hall–Kier alpha value is -1.47. The van der Waals surface area contributed by atoms with Gasteiger partial charge in [0.1, 0.15) is 6.04 Å². The Bertz CT molecular complexity index is 371. The van der Waals surface area contributed by atoms with Crippen molar-refractivity contribution < 1.29 is 19.5 Å². The van der Waals surface area contributed by atoms with Gasteiger partial charge in [0.2, 0.25) is 11.8 Å². The molecule has 0 aromatic heterocycles. The van der Waals surface area contributed by atoms with E-state index < -0.39 is 12.0 Å². The minimum absolute atomic E-state index is 0.00435. The molecular weight excluding hydrogens is 238 g/mol. The van der Waals surface area contributed by atoms with Crippen molar-refractivity contribution in [3.05, 3.63) is 0 Å². The van der Waals surface area contributed by atoms with Gasteiger partial charge in [-0.3, -0.25) is 24.2 Å². The zero-order valence-electron chi connectivity index (χ0n) is 10.1. The smallest absolute Gasteiger partial charge is 0.322 e. The first-order chi connectivity index (χ1) is 8.59. The number of carboxylic acid groups (broad SMARTS) is 1. The zero-order valence-corrected chi connectivity index (χ0v) is 10.1. The van der Waals surface area contributed by atoms with Crippen LogP contribution in [-0.4, -0.2) is 71.5 Å². The normalized spacial score (nSPS) is 25.4. The van der Waals surface area contributed by atoms with Crippen LogP contribution in [0.4, 0.5) is 0 Å². The summed E-state index contributed by atoms with van der Waals surface area (Å²) in [4.78, 5) is 37.3. The van der Waals surface area contributed by atoms with Gasteiger partial charge in [-0.1, -0.05) is 0 Å². The monoisotopic (exact) mass is 255 g/mol. The minimum atomic E-state index is -0.942. The van der Waals surface area contributed by atoms with Crippen LogP contribution in [0.25, 0.3) is 0 Å². The van der Waals surface area contributed by atoms with Gasteiger partial charge in [-0.2, -0.15) is 0 Å². The third kappa shape index (κ3) is 2.68. The molecule has 0 bridgehead atoms. The summed E-state index contributed by atoms with van der Waals surface area (Å²) >= 11 is 0. The van der Waals surface area contributed by atoms with E-state index in [1.807, 2.05) is 0 Å². The fraction of sp³-hybridized carbons (Fsp3) is 0.727. The largest absolute Gasteiger partial charge is 0.480 e. The van der Waals surface area contributed by atoms with Crippen LogP contribution in [0, 0.1) is 0 Å². The third-order valence-corrected chi connectivity index (χ3v) is 3.35. The van der Waals surface area contributed by atoms with Crippen molar-refractivity contribution in [3.8, 4) is 0 Å². The lowest BCUT2D eigenvalue weighted by Gasteiger charge is -2.33. The van der Waals surface area contributed by atoms with E-state index >= 15 is 0 Å². The van der Waals surface area contributed by atoms with Crippen molar-refractivity contribution in [2.45, 2.75) is 18.9 Å². The second kappa shape index (κ2) is 5.45. The number of carbonyl (C=O) groups excluding carboxylic acids is 2. The quantitative estimate of drug-likeness (QED) is 0.637. The molecule has 0 radical (unpaired) electrons. The van der Waals surface area contributed by atoms with Crippen LogP contribution in [0.5, 0.6) is 0 Å². The molecule has 1 unspecified atom stereocenters. The van der Waals surface area contributed by atoms with E-state index in [-0.39, 0.29) is 18.4 Å². The molecule has 1 atom stereocenters. The molecule has 7 nitrogen and oxygen atoms in total. The predicted octanol–water partition coefficient (Wildman–Crippen LogP) is -1.51. The summed E-state index contributed by atoms with van der Waals surface area (Å²) in [5.41, 5.74) is 0. The average Bonchev–Trinajstić information content (AvgIpc) is 2.76. The zero-order chi connectivity index (χ0) is 13.1. The number of amides is 2. The lowest BCUT2D eigenvalue weighted by molar-refractivity contribution is -0.147. The maximum atomic E-state index is 11.9. The number of piperazine rings is 1. The van der Waals surface area contributed by atoms with Crippen LogP contribution in [0.2, 0.25) is 0 Å². The highest BCUT2D eigenvalue weighted by atomic mass is 16.4. The summed E-state index contributed by atoms with van der Waals surface area (Å²) in [5.74, 6) is -1.38. The van der Waals surface area contributed by atoms with E-state index in [9.17, 15) is 14.4 Å². The molecule has 2 fully saturated rings. The lowest BCUT2D eigenvalue weighted by Crippen LogP contribution is -2.57. The number of carboxylic acids is 1. The minimum Gasteiger partial charge on any atom is -0.480 e. The fourth-order valence-electron chi connectivity index (χ4n) is 2.35. The van der Waals surface area contributed by atoms with E-state index in [2.05, 4.69) is 5.32 Å². The number of hydrogen-bond acceptors (Lipinski definition) is 5. The average molecular weight is 255 g/mol. The van der Waals surface area contributed by atoms with Crippen LogP contribution in [0.15, 0.2) is 0 Å². The number of rotatable bonds is 3. The Balaban J connectivity index is 1.96. The first-order valence-corrected chi connectivity index (χ1v) is 6.10. The first kappa shape index (κ1) is 13.0. The highest BCUT2D eigenvalue weighted by Crippen LogP contribution is 2.11. The van der Waals surface area contributed by atoms with E-state index in [0.717, 1.165) is 0 Å². The van der Waals surface area contributed by atoms with Crippen LogP contribution >= 0.6 is 0 Å². The van der Waals surface area contributed by atoms with Crippen molar-refractivity contribution in [1.29, 1.82) is 0 Å². The van der Waals surface area contributed by atoms with Gasteiger partial charge in [-0.05, 0) is 6.42 Å². The summed E-state index contributed by atoms with van der Waals surface area (Å²) in [7, 11) is 0. The SMILES string of the molecule is O=C(O)C1CNCCN1CC(=O)N1CCCC1=O. The maximum absolute atomic E-state index is 11.9. The molecule has 0 spiro atoms. The van der Waals surface area contributed by atoms with Gasteiger partial charge >= 0.3 is 5.97 Å². The van der Waals surface area contributed by atoms with Gasteiger partial charge in [0.05, 0.1) is 6.54 Å². The first-order valence-electron chi connectivity index (χ1n) is 6.10. The van der Waals surface area contributed by atoms with Crippen molar-refractivity contribution in [2.75, 3.05) is 32.7 Å². The fourth-order valence-corrected chi connectivity index (χ4v) is 2.35. The highest BCUT2D eigenvalue weighted by molar-refractivity contribution is 5.97. The summed E-state index contributed by atoms with van der Waals surface area (Å²) in [6, 6.07) is -0.694. The molecule has 2 amide bonds. The van der Waals surface area contributed by atoms with Crippen molar-refractivity contribution in [2.24, 2.45) is 0 Å². The molecule has 18 heavy (non-hydrogen) atoms. The van der Waals surface area contributed by atoms with Gasteiger partial charge < -0.3 is 10.4 Å². The topological polar surface area (TPSA) is 89.9 Å². The lowest BCUT2D eigenvalue weighted by atomic mass is 10.2. The van der Waals surface area contributed by atoms with E-state index in [4.69, 9.17) is 5.11 Å². The Morgan fingerprint density at radius 3 is 2.78 bits per heavy atom. The molecule has 100 valence electrons. The van der Waals surface area contributed by atoms with Gasteiger partial charge in [0, 0.05) is 32.6 Å². The number of hydrogen-bond donors (Lipinski definition) is 2. The molecule has 2 rings (SSSR count). The maximum Gasteiger partial charge on any atom is 0.322 e. The molecule has 0 aromatic rings. The van der Waals surface area contributed by atoms with Crippen LogP contribution in [0.1, 0.15) is 12.8 Å². The molecule has 2 saturated heterocycles. The second-order valence-electron chi connectivity index (χ2n) is 4.57. The molecule has 0 saturated carbocycles. The number of imide groups is 1. The second-order valence-corrected chi connectivity index (χ2v) is 4.57. The number of nitrogens with one attached hydrogen (secondary N) is 1. The predicted molar refractivity (Wildman–Crippen MR) is 61.8 cm³/mol. The summed E-state index contributed by atoms with van der Waals surface area (Å²) in [5, 5.41) is 12.0. The van der Waals surface area contributed by atoms with Gasteiger partial charge in [0.25, 0.3) is 0 Å².